The third-order valence-corrected chi connectivity index (χ3v) is 6.66. The van der Waals surface area contributed by atoms with E-state index in [1.807, 2.05) is 49.6 Å². The summed E-state index contributed by atoms with van der Waals surface area (Å²) in [5, 5.41) is 1.67. The van der Waals surface area contributed by atoms with Gasteiger partial charge in [0.15, 0.2) is 0 Å². The van der Waals surface area contributed by atoms with Crippen LogP contribution in [0.4, 0.5) is 0 Å². The molecule has 0 bridgehead atoms. The van der Waals surface area contributed by atoms with Crippen LogP contribution >= 0.6 is 0 Å². The summed E-state index contributed by atoms with van der Waals surface area (Å²) in [5.74, 6) is 2.68. The summed E-state index contributed by atoms with van der Waals surface area (Å²) in [6.07, 6.45) is 4.95. The highest BCUT2D eigenvalue weighted by Crippen LogP contribution is 2.45. The van der Waals surface area contributed by atoms with E-state index in [0.29, 0.717) is 37.4 Å². The molecule has 2 atom stereocenters. The molecule has 7 heteroatoms. The summed E-state index contributed by atoms with van der Waals surface area (Å²) in [5.41, 5.74) is 2.64. The Morgan fingerprint density at radius 1 is 1.11 bits per heavy atom. The van der Waals surface area contributed by atoms with Crippen LogP contribution in [0.5, 0.6) is 0 Å². The van der Waals surface area contributed by atoms with Crippen LogP contribution in [-0.2, 0) is 19.8 Å². The number of benzene rings is 2. The molecule has 1 fully saturated rings. The Bertz CT molecular complexity index is 1200. The number of hydrogen-bond donors (Lipinski definition) is 0. The number of hydrogen-bond acceptors (Lipinski definition) is 6. The summed E-state index contributed by atoms with van der Waals surface area (Å²) in [4.78, 5) is 34.5. The summed E-state index contributed by atoms with van der Waals surface area (Å²) in [6.45, 7) is 7.19. The van der Waals surface area contributed by atoms with E-state index in [1.54, 1.807) is 24.1 Å². The van der Waals surface area contributed by atoms with E-state index in [1.165, 1.54) is 0 Å². The fraction of sp³-hybridized carbons (Fsp3) is 0.357. The first-order chi connectivity index (χ1) is 17.0. The zero-order valence-electron chi connectivity index (χ0n) is 20.4. The van der Waals surface area contributed by atoms with Crippen LogP contribution < -0.4 is 0 Å². The van der Waals surface area contributed by atoms with Gasteiger partial charge < -0.3 is 9.30 Å². The fourth-order valence-corrected chi connectivity index (χ4v) is 4.87. The second kappa shape index (κ2) is 10.7. The van der Waals surface area contributed by atoms with Crippen molar-refractivity contribution < 1.29 is 19.2 Å². The maximum atomic E-state index is 12.1. The van der Waals surface area contributed by atoms with Crippen LogP contribution in [0.15, 0.2) is 72.7 Å². The molecule has 4 rings (SSSR count). The number of allylic oxidation sites excluding steroid dienone is 1. The largest absolute Gasteiger partial charge is 0.462 e. The Morgan fingerprint density at radius 3 is 2.51 bits per heavy atom. The highest BCUT2D eigenvalue weighted by Gasteiger charge is 2.44. The average molecular weight is 474 g/mol. The Kier molecular flexibility index (Phi) is 7.49. The van der Waals surface area contributed by atoms with E-state index < -0.39 is 5.41 Å². The van der Waals surface area contributed by atoms with E-state index in [9.17, 15) is 9.59 Å². The fourth-order valence-electron chi connectivity index (χ4n) is 4.87. The van der Waals surface area contributed by atoms with Crippen molar-refractivity contribution in [1.29, 1.82) is 0 Å². The van der Waals surface area contributed by atoms with Gasteiger partial charge in [-0.1, -0.05) is 42.5 Å². The van der Waals surface area contributed by atoms with Crippen molar-refractivity contribution in [3.63, 3.8) is 0 Å². The molecule has 2 aromatic carbocycles. The van der Waals surface area contributed by atoms with Crippen LogP contribution in [-0.4, -0.2) is 46.3 Å². The predicted molar refractivity (Wildman–Crippen MR) is 132 cm³/mol. The molecular weight excluding hydrogens is 442 g/mol. The van der Waals surface area contributed by atoms with Gasteiger partial charge in [0, 0.05) is 25.4 Å². The smallest absolute Gasteiger partial charge is 0.338 e. The minimum absolute atomic E-state index is 0.0436. The molecular formula is C28H31N3O4. The number of carbonyl (C=O) groups excluding carboxylic acids is 2. The average Bonchev–Trinajstić information content (AvgIpc) is 3.40. The van der Waals surface area contributed by atoms with Gasteiger partial charge in [-0.3, -0.25) is 4.84 Å². The van der Waals surface area contributed by atoms with Crippen LogP contribution in [0.1, 0.15) is 67.0 Å². The number of nitrogens with zero attached hydrogens (tertiary/aromatic N) is 3. The van der Waals surface area contributed by atoms with Crippen LogP contribution in [0.2, 0.25) is 0 Å². The molecule has 2 heterocycles. The number of imidazole rings is 1. The van der Waals surface area contributed by atoms with Gasteiger partial charge in [-0.25, -0.2) is 19.6 Å². The molecule has 2 unspecified atom stereocenters. The summed E-state index contributed by atoms with van der Waals surface area (Å²) in [6, 6.07) is 17.6. The van der Waals surface area contributed by atoms with Crippen LogP contribution in [0, 0.1) is 0 Å². The first-order valence-electron chi connectivity index (χ1n) is 12.0. The highest BCUT2D eigenvalue weighted by atomic mass is 16.7. The number of esters is 1. The zero-order chi connectivity index (χ0) is 24.8. The van der Waals surface area contributed by atoms with Crippen molar-refractivity contribution in [3.8, 4) is 0 Å². The predicted octanol–water partition coefficient (Wildman–Crippen LogP) is 4.72. The molecule has 182 valence electrons. The number of hydroxylamine groups is 2. The summed E-state index contributed by atoms with van der Waals surface area (Å²) in [7, 11) is 0. The quantitative estimate of drug-likeness (QED) is 0.348. The van der Waals surface area contributed by atoms with E-state index in [4.69, 9.17) is 14.6 Å². The van der Waals surface area contributed by atoms with E-state index in [0.717, 1.165) is 23.4 Å². The van der Waals surface area contributed by atoms with Gasteiger partial charge in [-0.05, 0) is 50.5 Å². The molecule has 0 amide bonds. The number of aromatic nitrogens is 2. The Morgan fingerprint density at radius 2 is 1.86 bits per heavy atom. The van der Waals surface area contributed by atoms with Crippen molar-refractivity contribution in [2.45, 2.75) is 45.1 Å². The second-order valence-corrected chi connectivity index (χ2v) is 8.62. The maximum absolute atomic E-state index is 12.1. The van der Waals surface area contributed by atoms with E-state index in [-0.39, 0.29) is 12.0 Å². The number of carbonyl (C=O) groups is 1. The molecule has 3 aromatic rings. The second-order valence-electron chi connectivity index (χ2n) is 8.62. The molecule has 1 aliphatic heterocycles. The molecule has 35 heavy (non-hydrogen) atoms. The van der Waals surface area contributed by atoms with Gasteiger partial charge >= 0.3 is 5.97 Å². The Labute approximate surface area is 205 Å². The van der Waals surface area contributed by atoms with E-state index >= 15 is 0 Å². The van der Waals surface area contributed by atoms with Crippen molar-refractivity contribution in [2.24, 2.45) is 0 Å². The Balaban J connectivity index is 1.74. The van der Waals surface area contributed by atoms with Gasteiger partial charge in [0.25, 0.3) is 0 Å². The third-order valence-electron chi connectivity index (χ3n) is 6.66. The topological polar surface area (TPSA) is 73.7 Å². The van der Waals surface area contributed by atoms with Gasteiger partial charge in [0.05, 0.1) is 30.2 Å². The lowest BCUT2D eigenvalue weighted by Crippen LogP contribution is -2.44. The molecule has 7 nitrogen and oxygen atoms in total. The summed E-state index contributed by atoms with van der Waals surface area (Å²) >= 11 is 0. The minimum Gasteiger partial charge on any atom is -0.462 e. The van der Waals surface area contributed by atoms with Gasteiger partial charge in [-0.15, -0.1) is 0 Å². The molecule has 0 radical (unpaired) electrons. The molecule has 0 saturated carbocycles. The van der Waals surface area contributed by atoms with Crippen molar-refractivity contribution in [3.05, 3.63) is 95.2 Å². The number of piperidine rings is 1. The molecule has 0 aliphatic carbocycles. The molecule has 1 aromatic heterocycles. The van der Waals surface area contributed by atoms with Crippen LogP contribution in [0.3, 0.4) is 0 Å². The van der Waals surface area contributed by atoms with Gasteiger partial charge in [0.1, 0.15) is 17.5 Å². The van der Waals surface area contributed by atoms with Crippen molar-refractivity contribution >= 4 is 11.9 Å². The zero-order valence-corrected chi connectivity index (χ0v) is 20.4. The van der Waals surface area contributed by atoms with Gasteiger partial charge in [-0.2, -0.15) is 0 Å². The van der Waals surface area contributed by atoms with Gasteiger partial charge in [0.2, 0.25) is 0 Å². The standard InChI is InChI=1S/C28H31N3O4/c1-4-34-26(33)23-13-11-22(12-14-23)21(3)30-18-16-29-27(30)28(24-9-7-6-8-10-24)15-17-31(35-5-2)25(19-28)20-32/h6-14,16,18,21H,4-5,15,17,19H2,1-3H3. The molecule has 0 N–H and O–H groups in total. The minimum atomic E-state index is -0.510. The maximum Gasteiger partial charge on any atom is 0.338 e. The SMILES string of the molecule is CCOC(=O)c1ccc(C(C)n2ccnc2C2(c3ccccc3)CCN(OCC)C(=C=O)C2)cc1. The van der Waals surface area contributed by atoms with Crippen molar-refractivity contribution in [1.82, 2.24) is 14.6 Å². The number of rotatable bonds is 8. The third kappa shape index (κ3) is 4.78. The monoisotopic (exact) mass is 473 g/mol. The first-order valence-corrected chi connectivity index (χ1v) is 12.0. The summed E-state index contributed by atoms with van der Waals surface area (Å²) < 4.78 is 7.26. The molecule has 0 spiro atoms. The van der Waals surface area contributed by atoms with Crippen molar-refractivity contribution in [2.75, 3.05) is 19.8 Å². The lowest BCUT2D eigenvalue weighted by atomic mass is 9.71. The normalized spacial score (nSPS) is 18.7. The van der Waals surface area contributed by atoms with E-state index in [2.05, 4.69) is 29.6 Å². The Hall–Kier alpha value is -3.67. The highest BCUT2D eigenvalue weighted by molar-refractivity contribution is 5.89. The molecule has 1 aliphatic rings. The lowest BCUT2D eigenvalue weighted by molar-refractivity contribution is -0.140. The van der Waals surface area contributed by atoms with Crippen LogP contribution in [0.25, 0.3) is 0 Å². The molecule has 1 saturated heterocycles. The lowest BCUT2D eigenvalue weighted by Gasteiger charge is -2.42. The number of ether oxygens (including phenoxy) is 1. The first kappa shape index (κ1) is 24.5.